The van der Waals surface area contributed by atoms with E-state index in [2.05, 4.69) is 6.07 Å². The molecule has 3 rings (SSSR count). The van der Waals surface area contributed by atoms with Gasteiger partial charge in [0, 0.05) is 22.5 Å². The van der Waals surface area contributed by atoms with Crippen molar-refractivity contribution in [3.8, 4) is 6.07 Å². The van der Waals surface area contributed by atoms with Crippen molar-refractivity contribution in [1.29, 1.82) is 5.26 Å². The normalized spacial score (nSPS) is 13.9. The number of para-hydroxylation sites is 1. The van der Waals surface area contributed by atoms with Gasteiger partial charge in [0.1, 0.15) is 0 Å². The number of carbonyl (C=O) groups excluding carboxylic acids is 2. The molecule has 1 aliphatic carbocycles. The molecule has 0 saturated heterocycles. The fourth-order valence-electron chi connectivity index (χ4n) is 3.30. The summed E-state index contributed by atoms with van der Waals surface area (Å²) in [5.74, 6) is -0.766. The van der Waals surface area contributed by atoms with E-state index in [-0.39, 0.29) is 18.9 Å². The van der Waals surface area contributed by atoms with Crippen molar-refractivity contribution in [2.24, 2.45) is 0 Å². The number of fused-ring (bicyclic) bond motifs is 1. The second-order valence-corrected chi connectivity index (χ2v) is 7.50. The van der Waals surface area contributed by atoms with Gasteiger partial charge in [0.05, 0.1) is 18.1 Å². The van der Waals surface area contributed by atoms with Gasteiger partial charge in [0.2, 0.25) is 0 Å². The molecule has 0 spiro atoms. The number of ether oxygens (including phenoxy) is 1. The minimum Gasteiger partial charge on any atom is -0.449 e. The maximum Gasteiger partial charge on any atom is 0.340 e. The molecule has 0 saturated carbocycles. The van der Waals surface area contributed by atoms with Crippen molar-refractivity contribution < 1.29 is 14.3 Å². The van der Waals surface area contributed by atoms with E-state index >= 15 is 0 Å². The molecule has 0 bridgehead atoms. The monoisotopic (exact) mass is 382 g/mol. The molecule has 1 heterocycles. The molecule has 27 heavy (non-hydrogen) atoms. The van der Waals surface area contributed by atoms with E-state index in [1.807, 2.05) is 23.6 Å². The second kappa shape index (κ2) is 8.83. The lowest BCUT2D eigenvalue weighted by Crippen LogP contribution is -2.40. The van der Waals surface area contributed by atoms with Gasteiger partial charge < -0.3 is 9.64 Å². The summed E-state index contributed by atoms with van der Waals surface area (Å²) in [5, 5.41) is 10.7. The summed E-state index contributed by atoms with van der Waals surface area (Å²) in [6, 6.07) is 11.2. The number of aryl methyl sites for hydroxylation is 1. The van der Waals surface area contributed by atoms with E-state index in [0.29, 0.717) is 11.3 Å². The predicted octanol–water partition coefficient (Wildman–Crippen LogP) is 4.12. The zero-order valence-electron chi connectivity index (χ0n) is 15.3. The van der Waals surface area contributed by atoms with Gasteiger partial charge >= 0.3 is 5.97 Å². The lowest BCUT2D eigenvalue weighted by atomic mass is 9.96. The molecule has 6 heteroatoms. The number of carbonyl (C=O) groups is 2. The van der Waals surface area contributed by atoms with Gasteiger partial charge in [-0.3, -0.25) is 4.79 Å². The molecule has 1 amide bonds. The van der Waals surface area contributed by atoms with E-state index in [1.165, 1.54) is 9.78 Å². The van der Waals surface area contributed by atoms with Crippen molar-refractivity contribution >= 4 is 28.9 Å². The zero-order valence-corrected chi connectivity index (χ0v) is 16.1. The smallest absolute Gasteiger partial charge is 0.340 e. The number of anilines is 1. The van der Waals surface area contributed by atoms with E-state index < -0.39 is 12.1 Å². The largest absolute Gasteiger partial charge is 0.449 e. The average Bonchev–Trinajstić information content (AvgIpc) is 3.13. The van der Waals surface area contributed by atoms with Crippen molar-refractivity contribution in [1.82, 2.24) is 0 Å². The topological polar surface area (TPSA) is 70.4 Å². The molecule has 140 valence electrons. The SMILES string of the molecule is C[C@@H](OC(=O)c1csc2c1CCCC2)C(=O)N(CCC#N)c1ccccc1. The van der Waals surface area contributed by atoms with Crippen LogP contribution in [0.3, 0.4) is 0 Å². The number of amides is 1. The van der Waals surface area contributed by atoms with Crippen LogP contribution in [-0.4, -0.2) is 24.5 Å². The Morgan fingerprint density at radius 3 is 2.74 bits per heavy atom. The number of hydrogen-bond acceptors (Lipinski definition) is 5. The summed E-state index contributed by atoms with van der Waals surface area (Å²) in [4.78, 5) is 28.3. The van der Waals surface area contributed by atoms with E-state index in [0.717, 1.165) is 31.2 Å². The van der Waals surface area contributed by atoms with Crippen molar-refractivity contribution in [2.75, 3.05) is 11.4 Å². The minimum absolute atomic E-state index is 0.208. The van der Waals surface area contributed by atoms with Gasteiger partial charge in [-0.05, 0) is 50.3 Å². The summed E-state index contributed by atoms with van der Waals surface area (Å²) in [5.41, 5.74) is 2.37. The highest BCUT2D eigenvalue weighted by Gasteiger charge is 2.28. The van der Waals surface area contributed by atoms with Crippen molar-refractivity contribution in [2.45, 2.75) is 45.1 Å². The number of nitriles is 1. The van der Waals surface area contributed by atoms with E-state index in [9.17, 15) is 9.59 Å². The summed E-state index contributed by atoms with van der Waals surface area (Å²) in [6.07, 6.45) is 3.42. The first kappa shape index (κ1) is 19.1. The predicted molar refractivity (Wildman–Crippen MR) is 105 cm³/mol. The average molecular weight is 382 g/mol. The molecule has 0 radical (unpaired) electrons. The minimum atomic E-state index is -0.921. The molecule has 5 nitrogen and oxygen atoms in total. The van der Waals surface area contributed by atoms with E-state index in [1.54, 1.807) is 30.4 Å². The summed E-state index contributed by atoms with van der Waals surface area (Å²) >= 11 is 1.60. The van der Waals surface area contributed by atoms with Gasteiger partial charge in [-0.15, -0.1) is 11.3 Å². The number of rotatable bonds is 6. The summed E-state index contributed by atoms with van der Waals surface area (Å²) < 4.78 is 5.50. The number of nitrogens with zero attached hydrogens (tertiary/aromatic N) is 2. The first-order valence-electron chi connectivity index (χ1n) is 9.15. The maximum absolute atomic E-state index is 12.9. The summed E-state index contributed by atoms with van der Waals surface area (Å²) in [7, 11) is 0. The lowest BCUT2D eigenvalue weighted by molar-refractivity contribution is -0.126. The lowest BCUT2D eigenvalue weighted by Gasteiger charge is -2.25. The molecule has 2 aromatic rings. The van der Waals surface area contributed by atoms with E-state index in [4.69, 9.17) is 10.00 Å². The highest BCUT2D eigenvalue weighted by molar-refractivity contribution is 7.10. The first-order chi connectivity index (χ1) is 13.1. The number of thiophene rings is 1. The fraction of sp³-hybridized carbons (Fsp3) is 0.381. The molecule has 0 fully saturated rings. The van der Waals surface area contributed by atoms with Crippen LogP contribution in [0.4, 0.5) is 5.69 Å². The van der Waals surface area contributed by atoms with Crippen LogP contribution in [0.15, 0.2) is 35.7 Å². The van der Waals surface area contributed by atoms with Crippen LogP contribution in [-0.2, 0) is 22.4 Å². The fourth-order valence-corrected chi connectivity index (χ4v) is 4.41. The molecule has 0 aliphatic heterocycles. The van der Waals surface area contributed by atoms with Gasteiger partial charge in [0.25, 0.3) is 5.91 Å². The van der Waals surface area contributed by atoms with Crippen LogP contribution >= 0.6 is 11.3 Å². The Hall–Kier alpha value is -2.65. The summed E-state index contributed by atoms with van der Waals surface area (Å²) in [6.45, 7) is 1.84. The quantitative estimate of drug-likeness (QED) is 0.705. The Kier molecular flexibility index (Phi) is 6.25. The molecule has 1 aromatic carbocycles. The number of hydrogen-bond donors (Lipinski definition) is 0. The van der Waals surface area contributed by atoms with Gasteiger partial charge in [-0.25, -0.2) is 4.79 Å². The Balaban J connectivity index is 1.72. The zero-order chi connectivity index (χ0) is 19.2. The number of benzene rings is 1. The molecular weight excluding hydrogens is 360 g/mol. The maximum atomic E-state index is 12.9. The Bertz CT molecular complexity index is 854. The molecule has 1 aromatic heterocycles. The Labute approximate surface area is 163 Å². The molecule has 1 aliphatic rings. The van der Waals surface area contributed by atoms with Gasteiger partial charge in [0.15, 0.2) is 6.10 Å². The third-order valence-electron chi connectivity index (χ3n) is 4.69. The van der Waals surface area contributed by atoms with Crippen LogP contribution in [0.1, 0.15) is 47.0 Å². The molecular formula is C21H22N2O3S. The Morgan fingerprint density at radius 2 is 2.00 bits per heavy atom. The highest BCUT2D eigenvalue weighted by atomic mass is 32.1. The second-order valence-electron chi connectivity index (χ2n) is 6.54. The van der Waals surface area contributed by atoms with Crippen LogP contribution < -0.4 is 4.90 Å². The van der Waals surface area contributed by atoms with Crippen LogP contribution in [0, 0.1) is 11.3 Å². The highest BCUT2D eigenvalue weighted by Crippen LogP contribution is 2.31. The van der Waals surface area contributed by atoms with Crippen LogP contribution in [0.2, 0.25) is 0 Å². The Morgan fingerprint density at radius 1 is 1.26 bits per heavy atom. The first-order valence-corrected chi connectivity index (χ1v) is 10.0. The van der Waals surface area contributed by atoms with Gasteiger partial charge in [-0.2, -0.15) is 5.26 Å². The molecule has 1 atom stereocenters. The van der Waals surface area contributed by atoms with Crippen molar-refractivity contribution in [3.05, 3.63) is 51.7 Å². The third-order valence-corrected chi connectivity index (χ3v) is 5.78. The van der Waals surface area contributed by atoms with Gasteiger partial charge in [-0.1, -0.05) is 18.2 Å². The molecule has 0 unspecified atom stereocenters. The third kappa shape index (κ3) is 4.37. The molecule has 0 N–H and O–H groups in total. The standard InChI is InChI=1S/C21H22N2O3S/c1-15(20(24)23(13-7-12-22)16-8-3-2-4-9-16)26-21(25)18-14-27-19-11-6-5-10-17(18)19/h2-4,8-9,14-15H,5-7,10-11,13H2,1H3/t15-/m1/s1. The number of esters is 1. The van der Waals surface area contributed by atoms with Crippen LogP contribution in [0.5, 0.6) is 0 Å². The van der Waals surface area contributed by atoms with Crippen LogP contribution in [0.25, 0.3) is 0 Å². The van der Waals surface area contributed by atoms with Crippen molar-refractivity contribution in [3.63, 3.8) is 0 Å².